The molecule has 0 aromatic heterocycles. The molecule has 2 aliphatic carbocycles. The summed E-state index contributed by atoms with van der Waals surface area (Å²) in [4.78, 5) is 28.9. The third-order valence-electron chi connectivity index (χ3n) is 9.31. The van der Waals surface area contributed by atoms with Gasteiger partial charge in [0.05, 0.1) is 6.04 Å². The van der Waals surface area contributed by atoms with E-state index >= 15 is 0 Å². The number of imide groups is 1. The van der Waals surface area contributed by atoms with E-state index in [9.17, 15) is 9.59 Å². The van der Waals surface area contributed by atoms with Crippen LogP contribution < -0.4 is 10.1 Å². The van der Waals surface area contributed by atoms with Gasteiger partial charge in [-0.25, -0.2) is 0 Å². The molecule has 1 N–H and O–H groups in total. The van der Waals surface area contributed by atoms with Gasteiger partial charge in [0.2, 0.25) is 11.8 Å². The van der Waals surface area contributed by atoms with E-state index in [0.717, 1.165) is 41.1 Å². The topological polar surface area (TPSA) is 71.1 Å². The zero-order valence-corrected chi connectivity index (χ0v) is 21.1. The molecule has 0 bridgehead atoms. The molecule has 4 atom stereocenters. The summed E-state index contributed by atoms with van der Waals surface area (Å²) in [6.45, 7) is 5.51. The van der Waals surface area contributed by atoms with E-state index in [1.54, 1.807) is 7.11 Å². The van der Waals surface area contributed by atoms with Crippen LogP contribution in [0.4, 0.5) is 0 Å². The smallest absolute Gasteiger partial charge is 0.244 e. The minimum absolute atomic E-state index is 0.189. The van der Waals surface area contributed by atoms with E-state index in [-0.39, 0.29) is 30.2 Å². The van der Waals surface area contributed by atoms with Gasteiger partial charge in [-0.1, -0.05) is 19.4 Å². The summed E-state index contributed by atoms with van der Waals surface area (Å²) >= 11 is 0. The molecule has 2 amide bonds. The molecule has 190 valence electrons. The summed E-state index contributed by atoms with van der Waals surface area (Å²) in [7, 11) is 1.68. The second-order valence-corrected chi connectivity index (χ2v) is 11.6. The van der Waals surface area contributed by atoms with Gasteiger partial charge in [-0.2, -0.15) is 0 Å². The van der Waals surface area contributed by atoms with E-state index in [2.05, 4.69) is 40.2 Å². The fourth-order valence-corrected chi connectivity index (χ4v) is 7.30. The van der Waals surface area contributed by atoms with E-state index in [0.29, 0.717) is 25.4 Å². The lowest BCUT2D eigenvalue weighted by Gasteiger charge is -2.53. The standard InChI is InChI=1S/C28H39N3O4/c1-17-11-18(12-17)20-14-30(15-20)23-5-3-4-6-25(23)35-21-7-8-22-19(13-21)16-31(28(22)34-2)24-9-10-26(32)29-27(24)33/h7-8,13,17-18,20,23-25,28H,3-6,9-12,14-16H2,1-2H3,(H,29,32,33)/t17?,18?,23?,24?,25-,28?/m1/s1. The third kappa shape index (κ3) is 4.40. The number of carbonyl (C=O) groups is 2. The maximum Gasteiger partial charge on any atom is 0.244 e. The number of fused-ring (bicyclic) bond motifs is 1. The monoisotopic (exact) mass is 481 g/mol. The van der Waals surface area contributed by atoms with Gasteiger partial charge in [-0.15, -0.1) is 0 Å². The lowest BCUT2D eigenvalue weighted by atomic mass is 9.66. The Hall–Kier alpha value is -1.96. The molecule has 6 rings (SSSR count). The summed E-state index contributed by atoms with van der Waals surface area (Å²) in [6, 6.07) is 6.49. The summed E-state index contributed by atoms with van der Waals surface area (Å²) in [5.41, 5.74) is 2.24. The normalized spacial score (nSPS) is 36.3. The van der Waals surface area contributed by atoms with Crippen LogP contribution in [0, 0.1) is 17.8 Å². The molecular weight excluding hydrogens is 442 g/mol. The Kier molecular flexibility index (Phi) is 6.35. The molecule has 2 saturated carbocycles. The number of methoxy groups -OCH3 is 1. The van der Waals surface area contributed by atoms with Gasteiger partial charge >= 0.3 is 0 Å². The largest absolute Gasteiger partial charge is 0.489 e. The van der Waals surface area contributed by atoms with Gasteiger partial charge in [0.25, 0.3) is 0 Å². The molecule has 3 heterocycles. The molecule has 3 unspecified atom stereocenters. The van der Waals surface area contributed by atoms with Gasteiger partial charge < -0.3 is 9.47 Å². The van der Waals surface area contributed by atoms with Gasteiger partial charge in [0, 0.05) is 44.8 Å². The van der Waals surface area contributed by atoms with Crippen molar-refractivity contribution in [2.24, 2.45) is 17.8 Å². The Balaban J connectivity index is 1.12. The molecule has 1 aromatic rings. The molecule has 4 fully saturated rings. The second kappa shape index (κ2) is 9.49. The summed E-state index contributed by atoms with van der Waals surface area (Å²) in [5, 5.41) is 2.48. The maximum atomic E-state index is 12.5. The van der Waals surface area contributed by atoms with Crippen LogP contribution in [-0.2, 0) is 20.9 Å². The van der Waals surface area contributed by atoms with Crippen molar-refractivity contribution in [2.75, 3.05) is 20.2 Å². The number of amides is 2. The van der Waals surface area contributed by atoms with Crippen molar-refractivity contribution in [3.63, 3.8) is 0 Å². The number of hydrogen-bond donors (Lipinski definition) is 1. The number of nitrogens with zero attached hydrogens (tertiary/aromatic N) is 2. The van der Waals surface area contributed by atoms with Crippen molar-refractivity contribution in [3.8, 4) is 5.75 Å². The van der Waals surface area contributed by atoms with Crippen LogP contribution in [0.1, 0.15) is 75.6 Å². The van der Waals surface area contributed by atoms with Gasteiger partial charge in [-0.05, 0) is 74.0 Å². The van der Waals surface area contributed by atoms with E-state index in [1.165, 1.54) is 45.2 Å². The Bertz CT molecular complexity index is 971. The highest BCUT2D eigenvalue weighted by atomic mass is 16.5. The molecule has 35 heavy (non-hydrogen) atoms. The fraction of sp³-hybridized carbons (Fsp3) is 0.714. The van der Waals surface area contributed by atoms with E-state index < -0.39 is 0 Å². The highest BCUT2D eigenvalue weighted by Crippen LogP contribution is 2.44. The zero-order valence-electron chi connectivity index (χ0n) is 21.1. The van der Waals surface area contributed by atoms with E-state index in [1.807, 2.05) is 0 Å². The number of hydrogen-bond acceptors (Lipinski definition) is 6. The molecule has 0 radical (unpaired) electrons. The molecule has 5 aliphatic rings. The van der Waals surface area contributed by atoms with E-state index in [4.69, 9.17) is 9.47 Å². The predicted molar refractivity (Wildman–Crippen MR) is 132 cm³/mol. The lowest BCUT2D eigenvalue weighted by Crippen LogP contribution is -2.60. The van der Waals surface area contributed by atoms with Crippen molar-refractivity contribution in [2.45, 2.75) is 89.3 Å². The van der Waals surface area contributed by atoms with Crippen LogP contribution in [0.15, 0.2) is 18.2 Å². The minimum Gasteiger partial charge on any atom is -0.489 e. The molecule has 7 nitrogen and oxygen atoms in total. The average Bonchev–Trinajstić information content (AvgIpc) is 3.15. The number of carbonyl (C=O) groups excluding carboxylic acids is 2. The van der Waals surface area contributed by atoms with Crippen LogP contribution in [0.5, 0.6) is 5.75 Å². The zero-order chi connectivity index (χ0) is 24.1. The number of rotatable bonds is 6. The first-order valence-electron chi connectivity index (χ1n) is 13.7. The SMILES string of the molecule is COC1c2ccc(O[C@@H]3CCCCC3N3CC(C4CC(C)C4)C3)cc2CN1C1CCC(=O)NC1=O. The summed E-state index contributed by atoms with van der Waals surface area (Å²) in [5.74, 6) is 3.31. The van der Waals surface area contributed by atoms with Crippen molar-refractivity contribution in [1.29, 1.82) is 0 Å². The summed E-state index contributed by atoms with van der Waals surface area (Å²) < 4.78 is 12.5. The highest BCUT2D eigenvalue weighted by Gasteiger charge is 2.44. The average molecular weight is 482 g/mol. The number of benzene rings is 1. The van der Waals surface area contributed by atoms with Gasteiger partial charge in [0.1, 0.15) is 18.1 Å². The molecular formula is C28H39N3O4. The van der Waals surface area contributed by atoms with Crippen LogP contribution in [0.25, 0.3) is 0 Å². The van der Waals surface area contributed by atoms with Crippen LogP contribution in [0.2, 0.25) is 0 Å². The van der Waals surface area contributed by atoms with Crippen molar-refractivity contribution in [1.82, 2.24) is 15.1 Å². The maximum absolute atomic E-state index is 12.5. The number of piperidine rings is 1. The van der Waals surface area contributed by atoms with Gasteiger partial charge in [0.15, 0.2) is 0 Å². The molecule has 7 heteroatoms. The number of ether oxygens (including phenoxy) is 2. The van der Waals surface area contributed by atoms with Gasteiger partial charge in [-0.3, -0.25) is 24.7 Å². The van der Waals surface area contributed by atoms with Crippen molar-refractivity contribution < 1.29 is 19.1 Å². The minimum atomic E-state index is -0.352. The Labute approximate surface area is 208 Å². The highest BCUT2D eigenvalue weighted by molar-refractivity contribution is 6.00. The Morgan fingerprint density at radius 2 is 1.83 bits per heavy atom. The quantitative estimate of drug-likeness (QED) is 0.626. The molecule has 2 saturated heterocycles. The molecule has 1 aromatic carbocycles. The van der Waals surface area contributed by atoms with Crippen LogP contribution >= 0.6 is 0 Å². The Morgan fingerprint density at radius 3 is 2.57 bits per heavy atom. The Morgan fingerprint density at radius 1 is 1.03 bits per heavy atom. The summed E-state index contributed by atoms with van der Waals surface area (Å²) in [6.07, 6.45) is 8.60. The lowest BCUT2D eigenvalue weighted by molar-refractivity contribution is -0.143. The number of likely N-dealkylation sites (tertiary alicyclic amines) is 1. The van der Waals surface area contributed by atoms with Crippen molar-refractivity contribution >= 4 is 11.8 Å². The predicted octanol–water partition coefficient (Wildman–Crippen LogP) is 3.62. The third-order valence-corrected chi connectivity index (χ3v) is 9.31. The molecule has 3 aliphatic heterocycles. The van der Waals surface area contributed by atoms with Crippen LogP contribution in [-0.4, -0.2) is 60.0 Å². The second-order valence-electron chi connectivity index (χ2n) is 11.6. The fourth-order valence-electron chi connectivity index (χ4n) is 7.30. The first-order valence-corrected chi connectivity index (χ1v) is 13.7. The van der Waals surface area contributed by atoms with Crippen molar-refractivity contribution in [3.05, 3.63) is 29.3 Å². The first kappa shape index (κ1) is 23.4. The molecule has 0 spiro atoms. The number of nitrogens with one attached hydrogen (secondary N) is 1. The first-order chi connectivity index (χ1) is 17.0. The van der Waals surface area contributed by atoms with Crippen LogP contribution in [0.3, 0.4) is 0 Å².